The molecule has 0 aliphatic carbocycles. The van der Waals surface area contributed by atoms with Crippen molar-refractivity contribution in [3.63, 3.8) is 0 Å². The molecular formula is C23H30N4O3. The zero-order chi connectivity index (χ0) is 22.1. The molecule has 2 aromatic rings. The number of hydrogen-bond donors (Lipinski definition) is 2. The predicted molar refractivity (Wildman–Crippen MR) is 118 cm³/mol. The SMILES string of the molecule is COC(=O)[C@@H](NC(=O)[C@@H](Nc1ccc(N=Nc2ccccc2)cc1)C(C)C)C(C)C. The van der Waals surface area contributed by atoms with Crippen LogP contribution in [0.1, 0.15) is 27.7 Å². The van der Waals surface area contributed by atoms with E-state index in [4.69, 9.17) is 4.74 Å². The van der Waals surface area contributed by atoms with Gasteiger partial charge in [0.2, 0.25) is 5.91 Å². The van der Waals surface area contributed by atoms with Crippen molar-refractivity contribution >= 4 is 28.9 Å². The molecule has 0 saturated heterocycles. The minimum atomic E-state index is -0.689. The van der Waals surface area contributed by atoms with E-state index in [1.807, 2.05) is 82.3 Å². The number of carbonyl (C=O) groups excluding carboxylic acids is 2. The number of esters is 1. The summed E-state index contributed by atoms with van der Waals surface area (Å²) in [5, 5.41) is 14.5. The molecule has 7 heteroatoms. The van der Waals surface area contributed by atoms with Gasteiger partial charge in [-0.2, -0.15) is 10.2 Å². The number of benzene rings is 2. The maximum absolute atomic E-state index is 12.8. The van der Waals surface area contributed by atoms with Crippen LogP contribution in [-0.2, 0) is 14.3 Å². The number of rotatable bonds is 9. The second kappa shape index (κ2) is 11.1. The van der Waals surface area contributed by atoms with E-state index >= 15 is 0 Å². The number of carbonyl (C=O) groups is 2. The van der Waals surface area contributed by atoms with Gasteiger partial charge in [0.15, 0.2) is 0 Å². The molecule has 1 amide bonds. The van der Waals surface area contributed by atoms with Crippen molar-refractivity contribution in [2.75, 3.05) is 12.4 Å². The molecule has 0 aliphatic heterocycles. The van der Waals surface area contributed by atoms with Crippen LogP contribution in [0.15, 0.2) is 64.8 Å². The highest BCUT2D eigenvalue weighted by Crippen LogP contribution is 2.21. The van der Waals surface area contributed by atoms with Crippen LogP contribution in [0.3, 0.4) is 0 Å². The first-order valence-corrected chi connectivity index (χ1v) is 10.0. The molecule has 0 bridgehead atoms. The first-order valence-electron chi connectivity index (χ1n) is 10.0. The zero-order valence-corrected chi connectivity index (χ0v) is 18.1. The number of anilines is 1. The van der Waals surface area contributed by atoms with Crippen molar-refractivity contribution < 1.29 is 14.3 Å². The number of nitrogens with one attached hydrogen (secondary N) is 2. The van der Waals surface area contributed by atoms with Crippen LogP contribution in [0.2, 0.25) is 0 Å². The summed E-state index contributed by atoms with van der Waals surface area (Å²) >= 11 is 0. The maximum atomic E-state index is 12.8. The van der Waals surface area contributed by atoms with Crippen LogP contribution in [0.5, 0.6) is 0 Å². The molecule has 0 aromatic heterocycles. The van der Waals surface area contributed by atoms with E-state index in [1.165, 1.54) is 7.11 Å². The van der Waals surface area contributed by atoms with Crippen molar-refractivity contribution in [2.24, 2.45) is 22.1 Å². The van der Waals surface area contributed by atoms with Crippen molar-refractivity contribution in [3.8, 4) is 0 Å². The summed E-state index contributed by atoms with van der Waals surface area (Å²) < 4.78 is 4.81. The average Bonchev–Trinajstić information content (AvgIpc) is 2.74. The first kappa shape index (κ1) is 23.1. The second-order valence-corrected chi connectivity index (χ2v) is 7.70. The summed E-state index contributed by atoms with van der Waals surface area (Å²) in [6.45, 7) is 7.62. The molecule has 7 nitrogen and oxygen atoms in total. The van der Waals surface area contributed by atoms with Crippen LogP contribution in [-0.4, -0.2) is 31.1 Å². The van der Waals surface area contributed by atoms with Crippen molar-refractivity contribution in [1.82, 2.24) is 5.32 Å². The molecule has 2 aromatic carbocycles. The predicted octanol–water partition coefficient (Wildman–Crippen LogP) is 4.85. The number of methoxy groups -OCH3 is 1. The van der Waals surface area contributed by atoms with Crippen LogP contribution in [0.25, 0.3) is 0 Å². The molecule has 2 N–H and O–H groups in total. The Morgan fingerprint density at radius 1 is 0.800 bits per heavy atom. The van der Waals surface area contributed by atoms with Gasteiger partial charge >= 0.3 is 5.97 Å². The lowest BCUT2D eigenvalue weighted by atomic mass is 10.00. The van der Waals surface area contributed by atoms with E-state index in [2.05, 4.69) is 20.9 Å². The standard InChI is InChI=1S/C23H30N4O3/c1-15(2)20(22(28)25-21(16(3)4)23(29)30-5)24-17-11-13-19(14-12-17)27-26-18-9-7-6-8-10-18/h6-16,20-21,24H,1-5H3,(H,25,28)/t20-,21-/m0/s1. The molecule has 2 rings (SSSR count). The molecule has 0 radical (unpaired) electrons. The van der Waals surface area contributed by atoms with E-state index in [0.717, 1.165) is 11.4 Å². The van der Waals surface area contributed by atoms with E-state index in [9.17, 15) is 9.59 Å². The Morgan fingerprint density at radius 3 is 1.83 bits per heavy atom. The lowest BCUT2D eigenvalue weighted by Gasteiger charge is -2.26. The molecule has 30 heavy (non-hydrogen) atoms. The van der Waals surface area contributed by atoms with E-state index < -0.39 is 18.1 Å². The van der Waals surface area contributed by atoms with Gasteiger partial charge in [0.05, 0.1) is 18.5 Å². The third kappa shape index (κ3) is 6.69. The fraction of sp³-hybridized carbons (Fsp3) is 0.391. The Bertz CT molecular complexity index is 849. The topological polar surface area (TPSA) is 92.1 Å². The molecule has 0 fully saturated rings. The van der Waals surface area contributed by atoms with Gasteiger partial charge in [-0.25, -0.2) is 4.79 Å². The summed E-state index contributed by atoms with van der Waals surface area (Å²) in [5.74, 6) is -0.771. The number of azo groups is 1. The van der Waals surface area contributed by atoms with E-state index in [-0.39, 0.29) is 17.7 Å². The highest BCUT2D eigenvalue weighted by molar-refractivity contribution is 5.89. The van der Waals surface area contributed by atoms with Gasteiger partial charge in [0.1, 0.15) is 12.1 Å². The van der Waals surface area contributed by atoms with Crippen LogP contribution < -0.4 is 10.6 Å². The van der Waals surface area contributed by atoms with Crippen molar-refractivity contribution in [2.45, 2.75) is 39.8 Å². The minimum Gasteiger partial charge on any atom is -0.467 e. The molecule has 160 valence electrons. The molecule has 2 atom stereocenters. The van der Waals surface area contributed by atoms with Gasteiger partial charge in [-0.1, -0.05) is 45.9 Å². The zero-order valence-electron chi connectivity index (χ0n) is 18.1. The Hall–Kier alpha value is -3.22. The largest absolute Gasteiger partial charge is 0.467 e. The number of amides is 1. The van der Waals surface area contributed by atoms with Gasteiger partial charge < -0.3 is 15.4 Å². The second-order valence-electron chi connectivity index (χ2n) is 7.70. The lowest BCUT2D eigenvalue weighted by molar-refractivity contribution is -0.146. The molecular weight excluding hydrogens is 380 g/mol. The molecule has 0 spiro atoms. The third-order valence-electron chi connectivity index (χ3n) is 4.60. The Labute approximate surface area is 177 Å². The maximum Gasteiger partial charge on any atom is 0.328 e. The van der Waals surface area contributed by atoms with Crippen LogP contribution >= 0.6 is 0 Å². The Kier molecular flexibility index (Phi) is 8.53. The smallest absolute Gasteiger partial charge is 0.328 e. The quantitative estimate of drug-likeness (QED) is 0.456. The summed E-state index contributed by atoms with van der Waals surface area (Å²) in [6, 6.07) is 15.7. The van der Waals surface area contributed by atoms with Crippen molar-refractivity contribution in [1.29, 1.82) is 0 Å². The monoisotopic (exact) mass is 410 g/mol. The molecule has 0 unspecified atom stereocenters. The van der Waals surface area contributed by atoms with Gasteiger partial charge in [-0.3, -0.25) is 4.79 Å². The molecule has 0 heterocycles. The van der Waals surface area contributed by atoms with E-state index in [0.29, 0.717) is 5.69 Å². The summed E-state index contributed by atoms with van der Waals surface area (Å²) in [4.78, 5) is 24.8. The Morgan fingerprint density at radius 2 is 1.33 bits per heavy atom. The lowest BCUT2D eigenvalue weighted by Crippen LogP contribution is -2.51. The minimum absolute atomic E-state index is 0.00732. The number of hydrogen-bond acceptors (Lipinski definition) is 6. The molecule has 0 aliphatic rings. The first-order chi connectivity index (χ1) is 14.3. The number of ether oxygens (including phenoxy) is 1. The summed E-state index contributed by atoms with van der Waals surface area (Å²) in [6.07, 6.45) is 0. The van der Waals surface area contributed by atoms with Gasteiger partial charge in [0, 0.05) is 5.69 Å². The Balaban J connectivity index is 2.06. The third-order valence-corrected chi connectivity index (χ3v) is 4.60. The van der Waals surface area contributed by atoms with Crippen molar-refractivity contribution in [3.05, 3.63) is 54.6 Å². The van der Waals surface area contributed by atoms with Gasteiger partial charge in [-0.05, 0) is 48.2 Å². The normalized spacial score (nSPS) is 13.3. The van der Waals surface area contributed by atoms with Crippen LogP contribution in [0, 0.1) is 11.8 Å². The summed E-state index contributed by atoms with van der Waals surface area (Å²) in [7, 11) is 1.32. The number of nitrogens with zero attached hydrogens (tertiary/aromatic N) is 2. The molecule has 0 saturated carbocycles. The summed E-state index contributed by atoms with van der Waals surface area (Å²) in [5.41, 5.74) is 2.27. The fourth-order valence-corrected chi connectivity index (χ4v) is 2.82. The highest BCUT2D eigenvalue weighted by atomic mass is 16.5. The average molecular weight is 411 g/mol. The van der Waals surface area contributed by atoms with Crippen LogP contribution in [0.4, 0.5) is 17.1 Å². The van der Waals surface area contributed by atoms with Gasteiger partial charge in [-0.15, -0.1) is 0 Å². The van der Waals surface area contributed by atoms with E-state index in [1.54, 1.807) is 0 Å². The fourth-order valence-electron chi connectivity index (χ4n) is 2.82. The highest BCUT2D eigenvalue weighted by Gasteiger charge is 2.29. The van der Waals surface area contributed by atoms with Gasteiger partial charge in [0.25, 0.3) is 0 Å².